The highest BCUT2D eigenvalue weighted by atomic mass is 35.5. The second-order valence-electron chi connectivity index (χ2n) is 7.48. The fourth-order valence-electron chi connectivity index (χ4n) is 3.85. The fraction of sp³-hybridized carbons (Fsp3) is 0.130. The number of benzene rings is 3. The lowest BCUT2D eigenvalue weighted by Crippen LogP contribution is -2.41. The zero-order valence-corrected chi connectivity index (χ0v) is 17.3. The van der Waals surface area contributed by atoms with Crippen molar-refractivity contribution in [3.63, 3.8) is 0 Å². The van der Waals surface area contributed by atoms with Gasteiger partial charge < -0.3 is 9.73 Å². The largest absolute Gasteiger partial charge is 0.419 e. The molecule has 1 aliphatic rings. The third-order valence-electron chi connectivity index (χ3n) is 5.45. The van der Waals surface area contributed by atoms with Crippen LogP contribution in [-0.4, -0.2) is 27.0 Å². The number of hydrogen-bond donors (Lipinski definition) is 1. The van der Waals surface area contributed by atoms with Crippen molar-refractivity contribution in [1.82, 2.24) is 20.4 Å². The number of carbonyl (C=O) groups is 2. The van der Waals surface area contributed by atoms with Crippen LogP contribution in [0, 0.1) is 0 Å². The minimum absolute atomic E-state index is 0.119. The van der Waals surface area contributed by atoms with Gasteiger partial charge in [0.1, 0.15) is 12.1 Å². The molecule has 1 fully saturated rings. The summed E-state index contributed by atoms with van der Waals surface area (Å²) in [5.74, 6) is 0.0752. The predicted octanol–water partition coefficient (Wildman–Crippen LogP) is 4.51. The Balaban J connectivity index is 1.44. The van der Waals surface area contributed by atoms with Crippen molar-refractivity contribution in [3.8, 4) is 11.5 Å². The third-order valence-corrected chi connectivity index (χ3v) is 5.71. The summed E-state index contributed by atoms with van der Waals surface area (Å²) in [7, 11) is 0. The van der Waals surface area contributed by atoms with Crippen molar-refractivity contribution in [2.75, 3.05) is 0 Å². The van der Waals surface area contributed by atoms with Gasteiger partial charge in [0.2, 0.25) is 11.8 Å². The summed E-state index contributed by atoms with van der Waals surface area (Å²) in [6.07, 6.45) is 0. The number of urea groups is 1. The van der Waals surface area contributed by atoms with Gasteiger partial charge in [0.15, 0.2) is 0 Å². The summed E-state index contributed by atoms with van der Waals surface area (Å²) in [5, 5.41) is 13.3. The molecule has 1 atom stereocenters. The van der Waals surface area contributed by atoms with Gasteiger partial charge in [-0.15, -0.1) is 10.2 Å². The van der Waals surface area contributed by atoms with E-state index in [9.17, 15) is 9.59 Å². The first-order chi connectivity index (χ1) is 15.0. The molecular weight excluding hydrogens is 416 g/mol. The monoisotopic (exact) mass is 432 g/mol. The molecule has 4 aromatic rings. The number of nitrogens with zero attached hydrogens (tertiary/aromatic N) is 3. The standard InChI is InChI=1S/C23H17ClN4O3/c1-23(18-8-4-6-14-5-2-3-7-17(14)18)21(29)28(22(30)25-23)13-19-26-27-20(31-19)15-9-11-16(24)12-10-15/h2-12H,13H2,1H3,(H,25,30)/t23-/m1/s1. The predicted molar refractivity (Wildman–Crippen MR) is 115 cm³/mol. The van der Waals surface area contributed by atoms with Gasteiger partial charge in [-0.3, -0.25) is 9.69 Å². The van der Waals surface area contributed by atoms with Crippen LogP contribution in [0.1, 0.15) is 18.4 Å². The molecule has 0 saturated carbocycles. The van der Waals surface area contributed by atoms with Gasteiger partial charge in [0.05, 0.1) is 0 Å². The lowest BCUT2D eigenvalue weighted by Gasteiger charge is -2.23. The Kier molecular flexibility index (Phi) is 4.48. The van der Waals surface area contributed by atoms with E-state index >= 15 is 0 Å². The van der Waals surface area contributed by atoms with Gasteiger partial charge in [-0.2, -0.15) is 0 Å². The van der Waals surface area contributed by atoms with Crippen LogP contribution in [0.15, 0.2) is 71.1 Å². The fourth-order valence-corrected chi connectivity index (χ4v) is 3.97. The number of hydrogen-bond acceptors (Lipinski definition) is 5. The van der Waals surface area contributed by atoms with E-state index < -0.39 is 11.6 Å². The van der Waals surface area contributed by atoms with Gasteiger partial charge in [-0.25, -0.2) is 4.79 Å². The maximum atomic E-state index is 13.3. The van der Waals surface area contributed by atoms with Crippen LogP contribution < -0.4 is 5.32 Å². The molecule has 0 unspecified atom stereocenters. The smallest absolute Gasteiger partial charge is 0.325 e. The number of rotatable bonds is 4. The first-order valence-electron chi connectivity index (χ1n) is 9.66. The maximum Gasteiger partial charge on any atom is 0.325 e. The van der Waals surface area contributed by atoms with E-state index in [0.717, 1.165) is 21.2 Å². The van der Waals surface area contributed by atoms with E-state index in [1.54, 1.807) is 31.2 Å². The molecule has 7 nitrogen and oxygen atoms in total. The minimum Gasteiger partial charge on any atom is -0.419 e. The van der Waals surface area contributed by atoms with Crippen LogP contribution in [0.2, 0.25) is 5.02 Å². The Morgan fingerprint density at radius 1 is 1.00 bits per heavy atom. The lowest BCUT2D eigenvalue weighted by atomic mass is 9.88. The normalized spacial score (nSPS) is 18.6. The zero-order chi connectivity index (χ0) is 21.6. The first kappa shape index (κ1) is 19.3. The van der Waals surface area contributed by atoms with Crippen molar-refractivity contribution in [2.45, 2.75) is 19.0 Å². The molecule has 3 aromatic carbocycles. The average Bonchev–Trinajstić information content (AvgIpc) is 3.33. The summed E-state index contributed by atoms with van der Waals surface area (Å²) in [5.41, 5.74) is 0.233. The topological polar surface area (TPSA) is 88.3 Å². The van der Waals surface area contributed by atoms with Crippen LogP contribution in [-0.2, 0) is 16.9 Å². The lowest BCUT2D eigenvalue weighted by molar-refractivity contribution is -0.131. The Hall–Kier alpha value is -3.71. The van der Waals surface area contributed by atoms with Gasteiger partial charge >= 0.3 is 6.03 Å². The SMILES string of the molecule is C[C@]1(c2cccc3ccccc23)NC(=O)N(Cc2nnc(-c3ccc(Cl)cc3)o2)C1=O. The molecule has 1 saturated heterocycles. The molecule has 8 heteroatoms. The van der Waals surface area contributed by atoms with Gasteiger partial charge in [-0.1, -0.05) is 54.1 Å². The molecule has 0 radical (unpaired) electrons. The molecule has 31 heavy (non-hydrogen) atoms. The van der Waals surface area contributed by atoms with Gasteiger partial charge in [-0.05, 0) is 47.5 Å². The minimum atomic E-state index is -1.20. The third kappa shape index (κ3) is 3.23. The number of imide groups is 1. The van der Waals surface area contributed by atoms with Crippen molar-refractivity contribution < 1.29 is 14.0 Å². The highest BCUT2D eigenvalue weighted by molar-refractivity contribution is 6.30. The van der Waals surface area contributed by atoms with Gasteiger partial charge in [0.25, 0.3) is 5.91 Å². The van der Waals surface area contributed by atoms with Crippen LogP contribution in [0.25, 0.3) is 22.2 Å². The number of fused-ring (bicyclic) bond motifs is 1. The number of nitrogens with one attached hydrogen (secondary N) is 1. The molecule has 0 spiro atoms. The van der Waals surface area contributed by atoms with E-state index in [2.05, 4.69) is 15.5 Å². The number of halogens is 1. The summed E-state index contributed by atoms with van der Waals surface area (Å²) < 4.78 is 5.67. The second kappa shape index (κ2) is 7.21. The highest BCUT2D eigenvalue weighted by Gasteiger charge is 2.50. The van der Waals surface area contributed by atoms with E-state index in [0.29, 0.717) is 10.6 Å². The molecular formula is C23H17ClN4O3. The van der Waals surface area contributed by atoms with Crippen molar-refractivity contribution in [2.24, 2.45) is 0 Å². The van der Waals surface area contributed by atoms with Crippen LogP contribution in [0.5, 0.6) is 0 Å². The molecule has 3 amide bonds. The Morgan fingerprint density at radius 3 is 2.55 bits per heavy atom. The van der Waals surface area contributed by atoms with Crippen molar-refractivity contribution in [3.05, 3.63) is 83.2 Å². The summed E-state index contributed by atoms with van der Waals surface area (Å²) >= 11 is 5.91. The van der Waals surface area contributed by atoms with E-state index in [-0.39, 0.29) is 24.2 Å². The van der Waals surface area contributed by atoms with Crippen molar-refractivity contribution >= 4 is 34.3 Å². The van der Waals surface area contributed by atoms with E-state index in [1.165, 1.54) is 0 Å². The molecule has 1 aromatic heterocycles. The molecule has 0 aliphatic carbocycles. The summed E-state index contributed by atoms with van der Waals surface area (Å²) in [4.78, 5) is 27.2. The van der Waals surface area contributed by atoms with Gasteiger partial charge in [0, 0.05) is 10.6 Å². The van der Waals surface area contributed by atoms with Crippen LogP contribution in [0.3, 0.4) is 0 Å². The summed E-state index contributed by atoms with van der Waals surface area (Å²) in [6.45, 7) is 1.59. The molecule has 0 bridgehead atoms. The highest BCUT2D eigenvalue weighted by Crippen LogP contribution is 2.34. The Morgan fingerprint density at radius 2 is 1.74 bits per heavy atom. The van der Waals surface area contributed by atoms with E-state index in [4.69, 9.17) is 16.0 Å². The number of aromatic nitrogens is 2. The van der Waals surface area contributed by atoms with Crippen LogP contribution >= 0.6 is 11.6 Å². The van der Waals surface area contributed by atoms with E-state index in [1.807, 2.05) is 42.5 Å². The zero-order valence-electron chi connectivity index (χ0n) is 16.5. The van der Waals surface area contributed by atoms with Crippen LogP contribution in [0.4, 0.5) is 4.79 Å². The molecule has 1 aliphatic heterocycles. The molecule has 1 N–H and O–H groups in total. The summed E-state index contributed by atoms with van der Waals surface area (Å²) in [6, 6.07) is 19.9. The van der Waals surface area contributed by atoms with Crippen molar-refractivity contribution in [1.29, 1.82) is 0 Å². The second-order valence-corrected chi connectivity index (χ2v) is 7.92. The Labute approximate surface area is 182 Å². The quantitative estimate of drug-likeness (QED) is 0.479. The number of carbonyl (C=O) groups excluding carboxylic acids is 2. The average molecular weight is 433 g/mol. The molecule has 2 heterocycles. The maximum absolute atomic E-state index is 13.3. The molecule has 154 valence electrons. The number of amides is 3. The molecule has 5 rings (SSSR count). The Bertz CT molecular complexity index is 1310. The first-order valence-corrected chi connectivity index (χ1v) is 10.0.